The Labute approximate surface area is 410 Å². The van der Waals surface area contributed by atoms with Crippen molar-refractivity contribution in [2.75, 3.05) is 0 Å². The Morgan fingerprint density at radius 2 is 1.29 bits per heavy atom. The SMILES string of the molecule is CC1/C=C/C=C/CC/C=C/C=C/C=C/C=C/C(O[C@@H]2O[C@@H](C)[C@@H](O)[C@H](N)[C@@H]2O)CC2OC(O)(CC(O)C(O)CCC(O)CC(O)CC(O)CC(=O)OC(C)C(C)C1O)CC(O)C2C(=O)[O-].[Na+]. The van der Waals surface area contributed by atoms with Crippen LogP contribution in [0.3, 0.4) is 0 Å². The third-order valence-corrected chi connectivity index (χ3v) is 12.2. The van der Waals surface area contributed by atoms with Crippen molar-refractivity contribution in [3.05, 3.63) is 72.9 Å². The zero-order valence-electron chi connectivity index (χ0n) is 38.8. The van der Waals surface area contributed by atoms with Gasteiger partial charge < -0.3 is 85.6 Å². The normalized spacial score (nSPS) is 44.6. The molecule has 3 aliphatic heterocycles. The Hall–Kier alpha value is -2.18. The molecule has 2 fully saturated rings. The van der Waals surface area contributed by atoms with Crippen LogP contribution in [-0.2, 0) is 28.5 Å². The van der Waals surface area contributed by atoms with E-state index < -0.39 is 141 Å². The van der Waals surface area contributed by atoms with E-state index >= 15 is 0 Å². The first-order valence-electron chi connectivity index (χ1n) is 22.6. The summed E-state index contributed by atoms with van der Waals surface area (Å²) >= 11 is 0. The molecule has 66 heavy (non-hydrogen) atoms. The fraction of sp³-hybridized carbons (Fsp3) is 0.702. The maximum absolute atomic E-state index is 12.6. The number of ether oxygens (including phenoxy) is 4. The van der Waals surface area contributed by atoms with E-state index in [1.54, 1.807) is 38.2 Å². The van der Waals surface area contributed by atoms with Gasteiger partial charge in [0.05, 0.1) is 85.5 Å². The molecule has 19 heteroatoms. The smallest absolute Gasteiger partial charge is 0.550 e. The van der Waals surface area contributed by atoms with E-state index in [0.717, 1.165) is 12.8 Å². The first-order chi connectivity index (χ1) is 30.6. The number of nitrogens with two attached hydrogens (primary N) is 1. The number of carbonyl (C=O) groups excluding carboxylic acids is 2. The van der Waals surface area contributed by atoms with Gasteiger partial charge in [-0.05, 0) is 52.4 Å². The van der Waals surface area contributed by atoms with Gasteiger partial charge in [-0.25, -0.2) is 0 Å². The van der Waals surface area contributed by atoms with Gasteiger partial charge in [-0.15, -0.1) is 0 Å². The van der Waals surface area contributed by atoms with E-state index in [9.17, 15) is 65.8 Å². The summed E-state index contributed by atoms with van der Waals surface area (Å²) in [5.41, 5.74) is 6.01. The monoisotopic (exact) mass is 947 g/mol. The molecule has 0 aromatic heterocycles. The second-order valence-electron chi connectivity index (χ2n) is 17.8. The number of carboxylic acids is 1. The molecule has 2 saturated heterocycles. The number of allylic oxidation sites excluding steroid dienone is 10. The van der Waals surface area contributed by atoms with Gasteiger partial charge in [-0.1, -0.05) is 86.8 Å². The number of aliphatic hydroxyl groups excluding tert-OH is 9. The summed E-state index contributed by atoms with van der Waals surface area (Å²) < 4.78 is 23.1. The van der Waals surface area contributed by atoms with E-state index in [0.29, 0.717) is 0 Å². The number of hydrogen-bond acceptors (Lipinski definition) is 18. The largest absolute Gasteiger partial charge is 1.00 e. The predicted molar refractivity (Wildman–Crippen MR) is 234 cm³/mol. The van der Waals surface area contributed by atoms with Crippen LogP contribution in [0.5, 0.6) is 0 Å². The van der Waals surface area contributed by atoms with Gasteiger partial charge in [-0.2, -0.15) is 0 Å². The predicted octanol–water partition coefficient (Wildman–Crippen LogP) is -3.39. The third kappa shape index (κ3) is 20.0. The molecule has 370 valence electrons. The summed E-state index contributed by atoms with van der Waals surface area (Å²) in [7, 11) is 0. The Balaban J connectivity index is 0.0000150. The van der Waals surface area contributed by atoms with Crippen molar-refractivity contribution in [2.24, 2.45) is 23.5 Å². The van der Waals surface area contributed by atoms with Crippen molar-refractivity contribution in [3.63, 3.8) is 0 Å². The van der Waals surface area contributed by atoms with Crippen molar-refractivity contribution in [1.82, 2.24) is 0 Å². The zero-order valence-corrected chi connectivity index (χ0v) is 40.8. The summed E-state index contributed by atoms with van der Waals surface area (Å²) in [6.45, 7) is 6.77. The molecule has 14 unspecified atom stereocenters. The number of fused-ring (bicyclic) bond motifs is 2. The summed E-state index contributed by atoms with van der Waals surface area (Å²) in [4.78, 5) is 25.0. The van der Waals surface area contributed by atoms with E-state index in [4.69, 9.17) is 24.7 Å². The standard InChI is InChI=1S/C47H75NO17.Na/c1-27-17-15-13-11-9-7-5-6-8-10-12-14-16-18-34(64-46-44(58)41(48)43(57)30(4)63-46)24-38-40(45(59)60)37(54)26-47(61,65-38)25-36(53)35(52)20-19-31(49)21-32(50)22-33(51)23-39(55)62-29(3)28(2)42(27)56;/h5-6,8,10-18,27-38,40-44,46,49-54,56-58,61H,7,9,19-26,48H2,1-4H3,(H,59,60);/q;+1/p-1/b6-5+,10-8+,13-11+,14-12+,17-15+,18-16+;/t27?,28?,29?,30-,31?,32?,33?,34?,35?,36?,37?,38?,40?,41-,42?,43+,44-,46-,47?;/m0./s1. The maximum Gasteiger partial charge on any atom is 1.00 e. The molecule has 0 saturated carbocycles. The Kier molecular flexibility index (Phi) is 27.0. The zero-order chi connectivity index (χ0) is 48.4. The summed E-state index contributed by atoms with van der Waals surface area (Å²) in [6.07, 6.45) is 1.80. The molecule has 2 bridgehead atoms. The van der Waals surface area contributed by atoms with Gasteiger partial charge in [0.1, 0.15) is 12.2 Å². The number of aliphatic carboxylic acids is 1. The number of aliphatic hydroxyl groups is 10. The quantitative estimate of drug-likeness (QED) is 0.0971. The van der Waals surface area contributed by atoms with Crippen molar-refractivity contribution in [3.8, 4) is 0 Å². The third-order valence-electron chi connectivity index (χ3n) is 12.2. The second-order valence-corrected chi connectivity index (χ2v) is 17.8. The molecule has 3 aliphatic rings. The number of rotatable bonds is 3. The first kappa shape index (κ1) is 59.9. The molecule has 18 nitrogen and oxygen atoms in total. The van der Waals surface area contributed by atoms with E-state index in [2.05, 4.69) is 0 Å². The van der Waals surface area contributed by atoms with Crippen LogP contribution in [0.1, 0.15) is 91.9 Å². The molecule has 0 aromatic rings. The van der Waals surface area contributed by atoms with Crippen LogP contribution in [0.4, 0.5) is 0 Å². The van der Waals surface area contributed by atoms with Crippen LogP contribution in [0.25, 0.3) is 0 Å². The molecule has 0 radical (unpaired) electrons. The van der Waals surface area contributed by atoms with Crippen LogP contribution in [0, 0.1) is 17.8 Å². The van der Waals surface area contributed by atoms with E-state index in [1.165, 1.54) is 13.0 Å². The molecule has 0 aliphatic carbocycles. The van der Waals surface area contributed by atoms with Crippen LogP contribution < -0.4 is 40.4 Å². The molecule has 3 heterocycles. The topological polar surface area (TPSA) is 322 Å². The van der Waals surface area contributed by atoms with Crippen LogP contribution in [0.2, 0.25) is 0 Å². The average Bonchev–Trinajstić information content (AvgIpc) is 3.21. The molecular formula is C47H74NNaO17. The molecule has 0 amide bonds. The van der Waals surface area contributed by atoms with Gasteiger partial charge in [0.2, 0.25) is 0 Å². The van der Waals surface area contributed by atoms with Crippen molar-refractivity contribution < 1.29 is 114 Å². The molecule has 19 atom stereocenters. The van der Waals surface area contributed by atoms with Crippen molar-refractivity contribution in [2.45, 2.75) is 189 Å². The Bertz CT molecular complexity index is 1630. The second kappa shape index (κ2) is 29.8. The minimum absolute atomic E-state index is 0. The Morgan fingerprint density at radius 1 is 0.712 bits per heavy atom. The average molecular weight is 948 g/mol. The first-order valence-corrected chi connectivity index (χ1v) is 22.6. The fourth-order valence-electron chi connectivity index (χ4n) is 8.10. The Morgan fingerprint density at radius 3 is 1.94 bits per heavy atom. The number of esters is 1. The minimum atomic E-state index is -2.38. The molecule has 3 rings (SSSR count). The van der Waals surface area contributed by atoms with Crippen LogP contribution in [-0.4, -0.2) is 160 Å². The molecular weight excluding hydrogens is 873 g/mol. The number of cyclic esters (lactones) is 1. The van der Waals surface area contributed by atoms with Gasteiger partial charge >= 0.3 is 35.5 Å². The summed E-state index contributed by atoms with van der Waals surface area (Å²) in [6, 6.07) is -1.15. The van der Waals surface area contributed by atoms with Gasteiger partial charge in [0.25, 0.3) is 0 Å². The van der Waals surface area contributed by atoms with E-state index in [-0.39, 0.29) is 67.6 Å². The summed E-state index contributed by atoms with van der Waals surface area (Å²) in [5, 5.41) is 120. The van der Waals surface area contributed by atoms with Crippen molar-refractivity contribution >= 4 is 11.9 Å². The maximum atomic E-state index is 12.6. The fourth-order valence-corrected chi connectivity index (χ4v) is 8.10. The van der Waals surface area contributed by atoms with Gasteiger partial charge in [-0.3, -0.25) is 4.79 Å². The summed E-state index contributed by atoms with van der Waals surface area (Å²) in [5.74, 6) is -7.22. The van der Waals surface area contributed by atoms with Crippen LogP contribution >= 0.6 is 0 Å². The van der Waals surface area contributed by atoms with Gasteiger partial charge in [0.15, 0.2) is 12.1 Å². The van der Waals surface area contributed by atoms with Crippen LogP contribution in [0.15, 0.2) is 72.9 Å². The number of hydrogen-bond donors (Lipinski definition) is 11. The van der Waals surface area contributed by atoms with Gasteiger partial charge in [0, 0.05) is 37.1 Å². The number of carbonyl (C=O) groups is 2. The van der Waals surface area contributed by atoms with E-state index in [1.807, 2.05) is 49.5 Å². The van der Waals surface area contributed by atoms with Crippen molar-refractivity contribution in [1.29, 1.82) is 0 Å². The number of carboxylic acid groups (broad SMARTS) is 1. The molecule has 12 N–H and O–H groups in total. The minimum Gasteiger partial charge on any atom is -0.550 e. The molecule has 0 spiro atoms. The molecule has 0 aromatic carbocycles.